The molecule has 0 atom stereocenters. The number of anilines is 1. The van der Waals surface area contributed by atoms with Crippen LogP contribution in [-0.4, -0.2) is 37.8 Å². The normalized spacial score (nSPS) is 14.6. The van der Waals surface area contributed by atoms with E-state index in [2.05, 4.69) is 9.73 Å². The van der Waals surface area contributed by atoms with Crippen molar-refractivity contribution in [2.45, 2.75) is 13.8 Å². The zero-order valence-electron chi connectivity index (χ0n) is 11.3. The number of carbonyl (C=O) groups is 2. The Balaban J connectivity index is 2.53. The van der Waals surface area contributed by atoms with Gasteiger partial charge < -0.3 is 4.74 Å². The van der Waals surface area contributed by atoms with E-state index >= 15 is 0 Å². The van der Waals surface area contributed by atoms with E-state index in [-0.39, 0.29) is 19.0 Å². The molecule has 0 unspecified atom stereocenters. The highest BCUT2D eigenvalue weighted by atomic mass is 16.5. The summed E-state index contributed by atoms with van der Waals surface area (Å²) in [5, 5.41) is 0. The lowest BCUT2D eigenvalue weighted by Gasteiger charge is -2.23. The van der Waals surface area contributed by atoms with Crippen molar-refractivity contribution in [2.75, 3.05) is 25.1 Å². The van der Waals surface area contributed by atoms with Crippen molar-refractivity contribution in [2.24, 2.45) is 4.99 Å². The molecule has 0 bridgehead atoms. The number of nitrogens with zero attached hydrogens (tertiary/aromatic N) is 2. The minimum absolute atomic E-state index is 0.0525. The molecule has 19 heavy (non-hydrogen) atoms. The van der Waals surface area contributed by atoms with Crippen LogP contribution in [0.1, 0.15) is 18.1 Å². The van der Waals surface area contributed by atoms with Crippen molar-refractivity contribution in [3.63, 3.8) is 0 Å². The Bertz CT molecular complexity index is 564. The number of aryl methyl sites for hydroxylation is 1. The molecule has 1 aliphatic rings. The Labute approximate surface area is 111 Å². The third kappa shape index (κ3) is 2.50. The molecule has 0 aliphatic carbocycles. The Morgan fingerprint density at radius 3 is 2.84 bits per heavy atom. The molecule has 100 valence electrons. The third-order valence-corrected chi connectivity index (χ3v) is 3.16. The van der Waals surface area contributed by atoms with Gasteiger partial charge in [0.25, 0.3) is 0 Å². The van der Waals surface area contributed by atoms with Gasteiger partial charge in [0.15, 0.2) is 0 Å². The Kier molecular flexibility index (Phi) is 3.64. The second-order valence-electron chi connectivity index (χ2n) is 4.43. The number of para-hydroxylation sites is 1. The van der Waals surface area contributed by atoms with Gasteiger partial charge in [0.1, 0.15) is 13.1 Å². The quantitative estimate of drug-likeness (QED) is 0.754. The van der Waals surface area contributed by atoms with Gasteiger partial charge in [-0.2, -0.15) is 0 Å². The number of hydrogen-bond donors (Lipinski definition) is 0. The predicted octanol–water partition coefficient (Wildman–Crippen LogP) is 1.32. The molecule has 0 N–H and O–H groups in total. The summed E-state index contributed by atoms with van der Waals surface area (Å²) in [4.78, 5) is 29.3. The molecule has 0 spiro atoms. The highest BCUT2D eigenvalue weighted by Gasteiger charge is 2.26. The molecule has 2 rings (SSSR count). The fraction of sp³-hybridized carbons (Fsp3) is 0.357. The average Bonchev–Trinajstić information content (AvgIpc) is 2.52. The summed E-state index contributed by atoms with van der Waals surface area (Å²) in [7, 11) is 1.31. The number of aliphatic imine (C=N–C) groups is 1. The molecule has 5 heteroatoms. The zero-order chi connectivity index (χ0) is 14.0. The number of benzene rings is 1. The molecule has 1 heterocycles. The van der Waals surface area contributed by atoms with E-state index in [1.165, 1.54) is 12.0 Å². The van der Waals surface area contributed by atoms with Crippen LogP contribution in [0.4, 0.5) is 5.69 Å². The highest BCUT2D eigenvalue weighted by molar-refractivity contribution is 6.12. The van der Waals surface area contributed by atoms with E-state index in [0.717, 1.165) is 22.5 Å². The van der Waals surface area contributed by atoms with Crippen LogP contribution >= 0.6 is 0 Å². The topological polar surface area (TPSA) is 59.0 Å². The van der Waals surface area contributed by atoms with E-state index in [9.17, 15) is 9.59 Å². The molecule has 5 nitrogen and oxygen atoms in total. The van der Waals surface area contributed by atoms with Crippen LogP contribution in [0.2, 0.25) is 0 Å². The molecule has 0 fully saturated rings. The van der Waals surface area contributed by atoms with Crippen LogP contribution in [-0.2, 0) is 14.3 Å². The summed E-state index contributed by atoms with van der Waals surface area (Å²) in [6.45, 7) is 3.75. The molecule has 1 aromatic rings. The van der Waals surface area contributed by atoms with Gasteiger partial charge in [-0.3, -0.25) is 19.5 Å². The van der Waals surface area contributed by atoms with E-state index in [1.54, 1.807) is 0 Å². The third-order valence-electron chi connectivity index (χ3n) is 3.16. The van der Waals surface area contributed by atoms with E-state index in [0.29, 0.717) is 0 Å². The number of carbonyl (C=O) groups excluding carboxylic acids is 2. The summed E-state index contributed by atoms with van der Waals surface area (Å²) in [5.41, 5.74) is 3.37. The van der Waals surface area contributed by atoms with Crippen LogP contribution < -0.4 is 4.90 Å². The first-order chi connectivity index (χ1) is 9.04. The van der Waals surface area contributed by atoms with Crippen molar-refractivity contribution in [3.8, 4) is 0 Å². The maximum atomic E-state index is 12.1. The fourth-order valence-electron chi connectivity index (χ4n) is 2.15. The molecule has 0 saturated carbocycles. The first kappa shape index (κ1) is 13.3. The minimum Gasteiger partial charge on any atom is -0.468 e. The molecule has 0 aromatic heterocycles. The first-order valence-corrected chi connectivity index (χ1v) is 6.03. The lowest BCUT2D eigenvalue weighted by Crippen LogP contribution is -2.38. The largest absolute Gasteiger partial charge is 0.468 e. The summed E-state index contributed by atoms with van der Waals surface area (Å²) in [6, 6.07) is 5.73. The number of methoxy groups -OCH3 is 1. The van der Waals surface area contributed by atoms with Crippen molar-refractivity contribution in [3.05, 3.63) is 29.3 Å². The van der Waals surface area contributed by atoms with Gasteiger partial charge in [-0.05, 0) is 19.4 Å². The lowest BCUT2D eigenvalue weighted by molar-refractivity contribution is -0.139. The zero-order valence-corrected chi connectivity index (χ0v) is 11.3. The number of hydrogen-bond acceptors (Lipinski definition) is 4. The summed E-state index contributed by atoms with van der Waals surface area (Å²) >= 11 is 0. The van der Waals surface area contributed by atoms with Gasteiger partial charge in [-0.15, -0.1) is 0 Å². The minimum atomic E-state index is -0.442. The lowest BCUT2D eigenvalue weighted by atomic mass is 10.0. The maximum Gasteiger partial charge on any atom is 0.325 e. The van der Waals surface area contributed by atoms with Crippen LogP contribution in [0.25, 0.3) is 0 Å². The number of benzodiazepines with no additional fused rings is 1. The Morgan fingerprint density at radius 1 is 1.42 bits per heavy atom. The summed E-state index contributed by atoms with van der Waals surface area (Å²) < 4.78 is 4.65. The Hall–Kier alpha value is -2.17. The second kappa shape index (κ2) is 5.22. The molecular weight excluding hydrogens is 244 g/mol. The number of rotatable bonds is 2. The van der Waals surface area contributed by atoms with Crippen molar-refractivity contribution >= 4 is 23.3 Å². The maximum absolute atomic E-state index is 12.1. The monoisotopic (exact) mass is 260 g/mol. The van der Waals surface area contributed by atoms with Gasteiger partial charge in [-0.1, -0.05) is 18.2 Å². The number of amides is 1. The van der Waals surface area contributed by atoms with Crippen LogP contribution in [0.5, 0.6) is 0 Å². The van der Waals surface area contributed by atoms with Crippen molar-refractivity contribution in [1.82, 2.24) is 0 Å². The van der Waals surface area contributed by atoms with Crippen LogP contribution in [0, 0.1) is 6.92 Å². The predicted molar refractivity (Wildman–Crippen MR) is 72.6 cm³/mol. The molecule has 1 amide bonds. The van der Waals surface area contributed by atoms with Gasteiger partial charge >= 0.3 is 5.97 Å². The number of fused-ring (bicyclic) bond motifs is 1. The number of ether oxygens (including phenoxy) is 1. The molecule has 0 radical (unpaired) electrons. The van der Waals surface area contributed by atoms with Gasteiger partial charge in [0, 0.05) is 11.3 Å². The van der Waals surface area contributed by atoms with Crippen molar-refractivity contribution < 1.29 is 14.3 Å². The molecule has 1 aromatic carbocycles. The van der Waals surface area contributed by atoms with Crippen LogP contribution in [0.3, 0.4) is 0 Å². The average molecular weight is 260 g/mol. The highest BCUT2D eigenvalue weighted by Crippen LogP contribution is 2.28. The van der Waals surface area contributed by atoms with E-state index in [4.69, 9.17) is 0 Å². The Morgan fingerprint density at radius 2 is 2.16 bits per heavy atom. The van der Waals surface area contributed by atoms with E-state index < -0.39 is 5.97 Å². The second-order valence-corrected chi connectivity index (χ2v) is 4.43. The molecular formula is C14H16N2O3. The molecule has 1 aliphatic heterocycles. The number of esters is 1. The SMILES string of the molecule is COC(=O)CN1C(=O)CN=C(C)c2cccc(C)c21. The summed E-state index contributed by atoms with van der Waals surface area (Å²) in [6.07, 6.45) is 0. The fourth-order valence-corrected chi connectivity index (χ4v) is 2.15. The standard InChI is InChI=1S/C14H16N2O3/c1-9-5-4-6-11-10(2)15-7-12(17)16(14(9)11)8-13(18)19-3/h4-6H,7-8H2,1-3H3. The van der Waals surface area contributed by atoms with Gasteiger partial charge in [0.2, 0.25) is 5.91 Å². The smallest absolute Gasteiger partial charge is 0.325 e. The summed E-state index contributed by atoms with van der Waals surface area (Å²) in [5.74, 6) is -0.639. The first-order valence-electron chi connectivity index (χ1n) is 6.03. The molecule has 0 saturated heterocycles. The van der Waals surface area contributed by atoms with Crippen LogP contribution in [0.15, 0.2) is 23.2 Å². The van der Waals surface area contributed by atoms with Crippen molar-refractivity contribution in [1.29, 1.82) is 0 Å². The van der Waals surface area contributed by atoms with Gasteiger partial charge in [-0.25, -0.2) is 0 Å². The van der Waals surface area contributed by atoms with Gasteiger partial charge in [0.05, 0.1) is 12.8 Å². The van der Waals surface area contributed by atoms with E-state index in [1.807, 2.05) is 32.0 Å².